The molecular weight excluding hydrogens is 254 g/mol. The van der Waals surface area contributed by atoms with E-state index in [-0.39, 0.29) is 0 Å². The van der Waals surface area contributed by atoms with Gasteiger partial charge in [0, 0.05) is 13.1 Å². The maximum atomic E-state index is 11.1. The molecule has 2 unspecified atom stereocenters. The highest BCUT2D eigenvalue weighted by molar-refractivity contribution is 5.89. The summed E-state index contributed by atoms with van der Waals surface area (Å²) < 4.78 is 5.81. The van der Waals surface area contributed by atoms with Crippen molar-refractivity contribution in [3.05, 3.63) is 35.4 Å². The first-order valence-electron chi connectivity index (χ1n) is 7.21. The van der Waals surface area contributed by atoms with Gasteiger partial charge in [0.2, 0.25) is 0 Å². The van der Waals surface area contributed by atoms with E-state index in [9.17, 15) is 4.79 Å². The molecule has 0 bridgehead atoms. The van der Waals surface area contributed by atoms with E-state index in [1.807, 2.05) is 12.1 Å². The molecule has 110 valence electrons. The van der Waals surface area contributed by atoms with Crippen LogP contribution in [0.3, 0.4) is 0 Å². The summed E-state index contributed by atoms with van der Waals surface area (Å²) in [5.74, 6) is -0.851. The molecule has 1 aromatic rings. The van der Waals surface area contributed by atoms with Crippen molar-refractivity contribution in [2.75, 3.05) is 20.1 Å². The van der Waals surface area contributed by atoms with Gasteiger partial charge in [0.25, 0.3) is 0 Å². The van der Waals surface area contributed by atoms with Crippen LogP contribution in [0.1, 0.15) is 35.7 Å². The molecule has 1 N–H and O–H groups in total. The van der Waals surface area contributed by atoms with Crippen LogP contribution in [0.4, 0.5) is 0 Å². The molecule has 0 spiro atoms. The number of carbonyl (C=O) groups is 1. The minimum Gasteiger partial charge on any atom is -0.478 e. The van der Waals surface area contributed by atoms with Gasteiger partial charge in [0.1, 0.15) is 0 Å². The van der Waals surface area contributed by atoms with Crippen molar-refractivity contribution in [1.82, 2.24) is 4.90 Å². The summed E-state index contributed by atoms with van der Waals surface area (Å²) in [5.41, 5.74) is 1.30. The molecule has 1 aliphatic heterocycles. The quantitative estimate of drug-likeness (QED) is 0.867. The number of hydrogen-bond acceptors (Lipinski definition) is 3. The molecule has 0 aliphatic carbocycles. The van der Waals surface area contributed by atoms with E-state index in [0.29, 0.717) is 17.8 Å². The minimum absolute atomic E-state index is 0.324. The molecule has 1 fully saturated rings. The third-order valence-corrected chi connectivity index (χ3v) is 3.85. The highest BCUT2D eigenvalue weighted by atomic mass is 16.5. The van der Waals surface area contributed by atoms with Crippen LogP contribution in [-0.4, -0.2) is 48.3 Å². The smallest absolute Gasteiger partial charge is 0.335 e. The van der Waals surface area contributed by atoms with Crippen molar-refractivity contribution >= 4 is 5.97 Å². The second-order valence-corrected chi connectivity index (χ2v) is 5.62. The molecule has 2 rings (SSSR count). The first-order valence-corrected chi connectivity index (χ1v) is 7.21. The zero-order chi connectivity index (χ0) is 14.5. The monoisotopic (exact) mass is 277 g/mol. The first kappa shape index (κ1) is 15.0. The summed E-state index contributed by atoms with van der Waals surface area (Å²) >= 11 is 0. The van der Waals surface area contributed by atoms with E-state index in [4.69, 9.17) is 9.84 Å². The van der Waals surface area contributed by atoms with Crippen LogP contribution in [0.2, 0.25) is 0 Å². The summed E-state index contributed by atoms with van der Waals surface area (Å²) in [6.07, 6.45) is 3.71. The average Bonchev–Trinajstić information content (AvgIpc) is 2.82. The van der Waals surface area contributed by atoms with E-state index in [0.717, 1.165) is 37.9 Å². The molecule has 0 saturated carbocycles. The number of carboxylic acid groups (broad SMARTS) is 1. The largest absolute Gasteiger partial charge is 0.478 e. The lowest BCUT2D eigenvalue weighted by molar-refractivity contribution is 0.0366. The Labute approximate surface area is 120 Å². The number of aromatic carboxylic acids is 1. The van der Waals surface area contributed by atoms with Gasteiger partial charge in [0.15, 0.2) is 0 Å². The molecular formula is C16H23NO3. The maximum absolute atomic E-state index is 11.1. The third-order valence-electron chi connectivity index (χ3n) is 3.85. The average molecular weight is 277 g/mol. The van der Waals surface area contributed by atoms with E-state index in [2.05, 4.69) is 18.9 Å². The predicted octanol–water partition coefficient (Wildman–Crippen LogP) is 2.43. The fourth-order valence-corrected chi connectivity index (χ4v) is 2.72. The Morgan fingerprint density at radius 1 is 1.40 bits per heavy atom. The highest BCUT2D eigenvalue weighted by Gasteiger charge is 2.22. The molecule has 0 aromatic heterocycles. The van der Waals surface area contributed by atoms with Crippen molar-refractivity contribution in [1.29, 1.82) is 0 Å². The van der Waals surface area contributed by atoms with Crippen LogP contribution >= 0.6 is 0 Å². The van der Waals surface area contributed by atoms with E-state index in [1.165, 1.54) is 0 Å². The van der Waals surface area contributed by atoms with Crippen molar-refractivity contribution in [2.24, 2.45) is 0 Å². The summed E-state index contributed by atoms with van der Waals surface area (Å²) in [6, 6.07) is 7.22. The SMILES string of the molecule is CC1CCC(CN(C)CCc2ccccc2C(=O)O)O1. The van der Waals surface area contributed by atoms with Gasteiger partial charge in [-0.2, -0.15) is 0 Å². The van der Waals surface area contributed by atoms with Gasteiger partial charge in [-0.3, -0.25) is 0 Å². The van der Waals surface area contributed by atoms with Crippen molar-refractivity contribution in [3.63, 3.8) is 0 Å². The van der Waals surface area contributed by atoms with Gasteiger partial charge < -0.3 is 14.7 Å². The number of carboxylic acids is 1. The van der Waals surface area contributed by atoms with Crippen LogP contribution in [0, 0.1) is 0 Å². The van der Waals surface area contributed by atoms with Crippen molar-refractivity contribution < 1.29 is 14.6 Å². The molecule has 1 aromatic carbocycles. The Morgan fingerprint density at radius 2 is 2.15 bits per heavy atom. The number of likely N-dealkylation sites (N-methyl/N-ethyl adjacent to an activating group) is 1. The van der Waals surface area contributed by atoms with E-state index in [1.54, 1.807) is 12.1 Å². The molecule has 1 saturated heterocycles. The summed E-state index contributed by atoms with van der Waals surface area (Å²) in [6.45, 7) is 3.88. The fourth-order valence-electron chi connectivity index (χ4n) is 2.72. The number of nitrogens with zero attached hydrogens (tertiary/aromatic N) is 1. The molecule has 0 amide bonds. The molecule has 2 atom stereocenters. The van der Waals surface area contributed by atoms with Crippen molar-refractivity contribution in [3.8, 4) is 0 Å². The normalized spacial score (nSPS) is 22.4. The van der Waals surface area contributed by atoms with Crippen LogP contribution in [0.15, 0.2) is 24.3 Å². The van der Waals surface area contributed by atoms with E-state index < -0.39 is 5.97 Å². The number of ether oxygens (including phenoxy) is 1. The second-order valence-electron chi connectivity index (χ2n) is 5.62. The van der Waals surface area contributed by atoms with Crippen molar-refractivity contribution in [2.45, 2.75) is 38.4 Å². The number of hydrogen-bond donors (Lipinski definition) is 1. The van der Waals surface area contributed by atoms with E-state index >= 15 is 0 Å². The van der Waals surface area contributed by atoms with Gasteiger partial charge >= 0.3 is 5.97 Å². The molecule has 4 heteroatoms. The molecule has 4 nitrogen and oxygen atoms in total. The summed E-state index contributed by atoms with van der Waals surface area (Å²) in [7, 11) is 2.07. The molecule has 20 heavy (non-hydrogen) atoms. The fraction of sp³-hybridized carbons (Fsp3) is 0.562. The summed E-state index contributed by atoms with van der Waals surface area (Å²) in [5, 5.41) is 9.16. The Hall–Kier alpha value is -1.39. The van der Waals surface area contributed by atoms with Gasteiger partial charge in [0.05, 0.1) is 17.8 Å². The van der Waals surface area contributed by atoms with Gasteiger partial charge in [-0.1, -0.05) is 18.2 Å². The first-order chi connectivity index (χ1) is 9.56. The standard InChI is InChI=1S/C16H23NO3/c1-12-7-8-14(20-12)11-17(2)10-9-13-5-3-4-6-15(13)16(18)19/h3-6,12,14H,7-11H2,1-2H3,(H,18,19). The molecule has 1 heterocycles. The van der Waals surface area contributed by atoms with Gasteiger partial charge in [-0.05, 0) is 44.9 Å². The van der Waals surface area contributed by atoms with Gasteiger partial charge in [-0.25, -0.2) is 4.79 Å². The van der Waals surface area contributed by atoms with Crippen LogP contribution in [0.5, 0.6) is 0 Å². The number of benzene rings is 1. The van der Waals surface area contributed by atoms with Crippen LogP contribution in [-0.2, 0) is 11.2 Å². The minimum atomic E-state index is -0.851. The molecule has 0 radical (unpaired) electrons. The lowest BCUT2D eigenvalue weighted by Crippen LogP contribution is -2.31. The lowest BCUT2D eigenvalue weighted by Gasteiger charge is -2.21. The summed E-state index contributed by atoms with van der Waals surface area (Å²) in [4.78, 5) is 13.4. The Morgan fingerprint density at radius 3 is 2.80 bits per heavy atom. The zero-order valence-corrected chi connectivity index (χ0v) is 12.2. The second kappa shape index (κ2) is 6.86. The van der Waals surface area contributed by atoms with Gasteiger partial charge in [-0.15, -0.1) is 0 Å². The predicted molar refractivity (Wildman–Crippen MR) is 78.2 cm³/mol. The van der Waals surface area contributed by atoms with Crippen LogP contribution < -0.4 is 0 Å². The Balaban J connectivity index is 1.84. The Kier molecular flexibility index (Phi) is 5.15. The zero-order valence-electron chi connectivity index (χ0n) is 12.2. The number of rotatable bonds is 6. The lowest BCUT2D eigenvalue weighted by atomic mass is 10.0. The third kappa shape index (κ3) is 4.05. The molecule has 1 aliphatic rings. The topological polar surface area (TPSA) is 49.8 Å². The Bertz CT molecular complexity index is 461. The highest BCUT2D eigenvalue weighted by Crippen LogP contribution is 2.19. The maximum Gasteiger partial charge on any atom is 0.335 e. The van der Waals surface area contributed by atoms with Crippen LogP contribution in [0.25, 0.3) is 0 Å².